The van der Waals surface area contributed by atoms with Crippen molar-refractivity contribution in [3.63, 3.8) is 0 Å². The van der Waals surface area contributed by atoms with Gasteiger partial charge in [0.2, 0.25) is 0 Å². The fourth-order valence-corrected chi connectivity index (χ4v) is 4.37. The molecule has 12 heteroatoms. The molecule has 0 saturated heterocycles. The highest BCUT2D eigenvalue weighted by molar-refractivity contribution is 7.18. The third-order valence-electron chi connectivity index (χ3n) is 5.00. The average Bonchev–Trinajstić information content (AvgIpc) is 3.40. The number of aromatic nitrogens is 3. The molecule has 3 heterocycles. The molecule has 3 N–H and O–H groups in total. The minimum atomic E-state index is -2.80. The van der Waals surface area contributed by atoms with E-state index in [-0.39, 0.29) is 50.6 Å². The number of rotatable bonds is 7. The van der Waals surface area contributed by atoms with Crippen LogP contribution in [0.25, 0.3) is 5.65 Å². The van der Waals surface area contributed by atoms with Crippen molar-refractivity contribution in [2.75, 3.05) is 11.9 Å². The third kappa shape index (κ3) is 3.93. The SMILES string of the molecule is CCOC(=O)c1c(NC(=O)c2cc3nc(C4CC4)cc(C(F)F)n3n2)sc(C(N)=O)c1C. The van der Waals surface area contributed by atoms with Crippen LogP contribution in [0.3, 0.4) is 0 Å². The number of esters is 1. The second kappa shape index (κ2) is 8.26. The zero-order valence-electron chi connectivity index (χ0n) is 17.1. The summed E-state index contributed by atoms with van der Waals surface area (Å²) in [5.74, 6) is -2.11. The van der Waals surface area contributed by atoms with Gasteiger partial charge in [0.15, 0.2) is 11.3 Å². The Labute approximate surface area is 184 Å². The number of thiophene rings is 1. The molecule has 1 aliphatic rings. The van der Waals surface area contributed by atoms with Crippen LogP contribution in [0.15, 0.2) is 12.1 Å². The summed E-state index contributed by atoms with van der Waals surface area (Å²) in [7, 11) is 0. The van der Waals surface area contributed by atoms with Crippen LogP contribution >= 0.6 is 11.3 Å². The maximum atomic E-state index is 13.6. The van der Waals surface area contributed by atoms with Gasteiger partial charge in [0.05, 0.1) is 17.0 Å². The molecule has 4 rings (SSSR count). The van der Waals surface area contributed by atoms with E-state index in [1.165, 1.54) is 19.1 Å². The molecule has 1 fully saturated rings. The standard InChI is InChI=1S/C20H19F2N5O4S/c1-3-31-20(30)14-8(2)15(17(23)28)32-19(14)25-18(29)11-7-13-24-10(9-4-5-9)6-12(16(21)22)27(13)26-11/h6-7,9,16H,3-5H2,1-2H3,(H2,23,28)(H,25,29). The van der Waals surface area contributed by atoms with Crippen molar-refractivity contribution >= 4 is 39.8 Å². The number of hydrogen-bond acceptors (Lipinski definition) is 7. The summed E-state index contributed by atoms with van der Waals surface area (Å²) in [5, 5.41) is 6.56. The lowest BCUT2D eigenvalue weighted by atomic mass is 10.1. The van der Waals surface area contributed by atoms with Crippen molar-refractivity contribution in [2.45, 2.75) is 39.0 Å². The lowest BCUT2D eigenvalue weighted by molar-refractivity contribution is 0.0527. The van der Waals surface area contributed by atoms with Gasteiger partial charge >= 0.3 is 5.97 Å². The van der Waals surface area contributed by atoms with E-state index in [0.717, 1.165) is 28.7 Å². The smallest absolute Gasteiger partial charge is 0.341 e. The molecule has 0 atom stereocenters. The van der Waals surface area contributed by atoms with Crippen molar-refractivity contribution in [1.82, 2.24) is 14.6 Å². The molecule has 9 nitrogen and oxygen atoms in total. The molecule has 0 spiro atoms. The van der Waals surface area contributed by atoms with Crippen molar-refractivity contribution in [3.8, 4) is 0 Å². The van der Waals surface area contributed by atoms with Crippen LogP contribution in [0.4, 0.5) is 13.8 Å². The fourth-order valence-electron chi connectivity index (χ4n) is 3.33. The number of amides is 2. The van der Waals surface area contributed by atoms with Gasteiger partial charge in [0, 0.05) is 17.7 Å². The van der Waals surface area contributed by atoms with Gasteiger partial charge in [0.25, 0.3) is 18.2 Å². The quantitative estimate of drug-likeness (QED) is 0.517. The van der Waals surface area contributed by atoms with Crippen LogP contribution < -0.4 is 11.1 Å². The monoisotopic (exact) mass is 463 g/mol. The largest absolute Gasteiger partial charge is 0.462 e. The number of ether oxygens (including phenoxy) is 1. The molecule has 3 aromatic heterocycles. The first-order valence-corrected chi connectivity index (χ1v) is 10.6. The number of anilines is 1. The van der Waals surface area contributed by atoms with Gasteiger partial charge in [-0.15, -0.1) is 11.3 Å². The summed E-state index contributed by atoms with van der Waals surface area (Å²) in [6, 6.07) is 2.61. The van der Waals surface area contributed by atoms with E-state index in [1.54, 1.807) is 6.92 Å². The van der Waals surface area contributed by atoms with Gasteiger partial charge < -0.3 is 15.8 Å². The van der Waals surface area contributed by atoms with Crippen LogP contribution in [-0.4, -0.2) is 39.0 Å². The molecule has 0 aromatic carbocycles. The summed E-state index contributed by atoms with van der Waals surface area (Å²) >= 11 is 0.823. The molecule has 2 amide bonds. The number of nitrogens with two attached hydrogens (primary N) is 1. The Morgan fingerprint density at radius 3 is 2.66 bits per heavy atom. The zero-order valence-corrected chi connectivity index (χ0v) is 18.0. The molecule has 1 saturated carbocycles. The van der Waals surface area contributed by atoms with Gasteiger partial charge in [-0.1, -0.05) is 0 Å². The fraction of sp³-hybridized carbons (Fsp3) is 0.350. The summed E-state index contributed by atoms with van der Waals surface area (Å²) in [5.41, 5.74) is 5.79. The van der Waals surface area contributed by atoms with Crippen molar-refractivity contribution in [3.05, 3.63) is 45.2 Å². The first-order chi connectivity index (χ1) is 15.2. The minimum absolute atomic E-state index is 0.00479. The molecule has 0 aliphatic heterocycles. The Balaban J connectivity index is 1.71. The van der Waals surface area contributed by atoms with Gasteiger partial charge in [-0.2, -0.15) is 5.10 Å². The molecule has 0 bridgehead atoms. The number of carbonyl (C=O) groups excluding carboxylic acids is 3. The van der Waals surface area contributed by atoms with Crippen LogP contribution in [0, 0.1) is 6.92 Å². The molecule has 0 unspecified atom stereocenters. The molecule has 3 aromatic rings. The second-order valence-electron chi connectivity index (χ2n) is 7.28. The molecule has 168 valence electrons. The number of halogens is 2. The van der Waals surface area contributed by atoms with E-state index in [2.05, 4.69) is 15.4 Å². The third-order valence-corrected chi connectivity index (χ3v) is 6.23. The maximum Gasteiger partial charge on any atom is 0.341 e. The predicted molar refractivity (Wildman–Crippen MR) is 111 cm³/mol. The van der Waals surface area contributed by atoms with Gasteiger partial charge in [0.1, 0.15) is 10.7 Å². The minimum Gasteiger partial charge on any atom is -0.462 e. The van der Waals surface area contributed by atoms with Crippen LogP contribution in [-0.2, 0) is 4.74 Å². The second-order valence-corrected chi connectivity index (χ2v) is 8.30. The van der Waals surface area contributed by atoms with E-state index in [0.29, 0.717) is 5.69 Å². The highest BCUT2D eigenvalue weighted by Crippen LogP contribution is 2.40. The number of nitrogens with zero attached hydrogens (tertiary/aromatic N) is 3. The van der Waals surface area contributed by atoms with Crippen molar-refractivity contribution in [2.24, 2.45) is 5.73 Å². The normalized spacial score (nSPS) is 13.5. The van der Waals surface area contributed by atoms with Crippen LogP contribution in [0.2, 0.25) is 0 Å². The number of alkyl halides is 2. The predicted octanol–water partition coefficient (Wildman–Crippen LogP) is 3.44. The number of carbonyl (C=O) groups is 3. The maximum absolute atomic E-state index is 13.6. The van der Waals surface area contributed by atoms with Crippen LogP contribution in [0.1, 0.15) is 79.6 Å². The Morgan fingerprint density at radius 2 is 2.06 bits per heavy atom. The van der Waals surface area contributed by atoms with E-state index >= 15 is 0 Å². The first kappa shape index (κ1) is 21.8. The van der Waals surface area contributed by atoms with Gasteiger partial charge in [-0.25, -0.2) is 23.1 Å². The zero-order chi connectivity index (χ0) is 23.2. The van der Waals surface area contributed by atoms with Gasteiger partial charge in [-0.05, 0) is 38.3 Å². The summed E-state index contributed by atoms with van der Waals surface area (Å²) in [6.07, 6.45) is -1.05. The number of primary amides is 1. The number of nitrogens with one attached hydrogen (secondary N) is 1. The van der Waals surface area contributed by atoms with Crippen molar-refractivity contribution < 1.29 is 27.9 Å². The topological polar surface area (TPSA) is 129 Å². The number of hydrogen-bond donors (Lipinski definition) is 2. The van der Waals surface area contributed by atoms with E-state index < -0.39 is 24.2 Å². The highest BCUT2D eigenvalue weighted by atomic mass is 32.1. The summed E-state index contributed by atoms with van der Waals surface area (Å²) in [6.45, 7) is 3.22. The van der Waals surface area contributed by atoms with E-state index in [4.69, 9.17) is 10.5 Å². The molecule has 32 heavy (non-hydrogen) atoms. The molecular weight excluding hydrogens is 444 g/mol. The Bertz CT molecular complexity index is 1250. The van der Waals surface area contributed by atoms with Crippen LogP contribution in [0.5, 0.6) is 0 Å². The summed E-state index contributed by atoms with van der Waals surface area (Å²) < 4.78 is 33.1. The molecule has 1 aliphatic carbocycles. The summed E-state index contributed by atoms with van der Waals surface area (Å²) in [4.78, 5) is 41.4. The molecule has 0 radical (unpaired) electrons. The lowest BCUT2D eigenvalue weighted by Crippen LogP contribution is -2.16. The van der Waals surface area contributed by atoms with E-state index in [1.807, 2.05) is 0 Å². The Morgan fingerprint density at radius 1 is 1.34 bits per heavy atom. The molecular formula is C20H19F2N5O4S. The lowest BCUT2D eigenvalue weighted by Gasteiger charge is -2.06. The number of fused-ring (bicyclic) bond motifs is 1. The van der Waals surface area contributed by atoms with Crippen molar-refractivity contribution in [1.29, 1.82) is 0 Å². The average molecular weight is 463 g/mol. The first-order valence-electron chi connectivity index (χ1n) is 9.81. The van der Waals surface area contributed by atoms with Gasteiger partial charge in [-0.3, -0.25) is 9.59 Å². The van der Waals surface area contributed by atoms with E-state index in [9.17, 15) is 23.2 Å². The highest BCUT2D eigenvalue weighted by Gasteiger charge is 2.29. The Hall–Kier alpha value is -3.41. The Kier molecular flexibility index (Phi) is 5.63.